The minimum atomic E-state index is -4.24. The third-order valence-corrected chi connectivity index (χ3v) is 9.60. The van der Waals surface area contributed by atoms with Gasteiger partial charge in [0, 0.05) is 5.54 Å². The van der Waals surface area contributed by atoms with Crippen LogP contribution in [-0.4, -0.2) is 72.3 Å². The van der Waals surface area contributed by atoms with Crippen molar-refractivity contribution in [1.29, 1.82) is 0 Å². The summed E-state index contributed by atoms with van der Waals surface area (Å²) < 4.78 is 38.6. The number of anilines is 1. The smallest absolute Gasteiger partial charge is 0.264 e. The molecule has 11 nitrogen and oxygen atoms in total. The zero-order valence-electron chi connectivity index (χ0n) is 20.3. The van der Waals surface area contributed by atoms with E-state index in [1.54, 1.807) is 0 Å². The molecule has 4 aliphatic carbocycles. The highest BCUT2D eigenvalue weighted by molar-refractivity contribution is 7.85. The van der Waals surface area contributed by atoms with Gasteiger partial charge in [0.1, 0.15) is 12.2 Å². The number of imidazole rings is 1. The molecule has 0 radical (unpaired) electrons. The third kappa shape index (κ3) is 4.19. The molecular formula is C23H32ClN5O6S. The lowest BCUT2D eigenvalue weighted by Gasteiger charge is -2.65. The summed E-state index contributed by atoms with van der Waals surface area (Å²) in [5.41, 5.74) is 1.32. The summed E-state index contributed by atoms with van der Waals surface area (Å²) in [6, 6.07) is 0. The molecular weight excluding hydrogens is 510 g/mol. The van der Waals surface area contributed by atoms with Gasteiger partial charge in [-0.3, -0.25) is 9.12 Å². The molecule has 5 fully saturated rings. The van der Waals surface area contributed by atoms with Crippen molar-refractivity contribution in [2.45, 2.75) is 88.9 Å². The van der Waals surface area contributed by atoms with Gasteiger partial charge in [-0.05, 0) is 73.3 Å². The number of aromatic nitrogens is 4. The Morgan fingerprint density at radius 1 is 1.14 bits per heavy atom. The van der Waals surface area contributed by atoms with E-state index in [9.17, 15) is 18.6 Å². The molecule has 2 aromatic heterocycles. The number of halogens is 1. The quantitative estimate of drug-likeness (QED) is 0.316. The predicted octanol–water partition coefficient (Wildman–Crippen LogP) is 2.54. The van der Waals surface area contributed by atoms with Crippen molar-refractivity contribution < 1.29 is 27.9 Å². The van der Waals surface area contributed by atoms with Crippen molar-refractivity contribution >= 4 is 38.7 Å². The van der Waals surface area contributed by atoms with Crippen LogP contribution in [0.2, 0.25) is 5.28 Å². The second-order valence-corrected chi connectivity index (χ2v) is 14.2. The number of fused-ring (bicyclic) bond motifs is 1. The average Bonchev–Trinajstić information content (AvgIpc) is 3.24. The Hall–Kier alpha value is -1.57. The van der Waals surface area contributed by atoms with Crippen LogP contribution in [0.5, 0.6) is 0 Å². The van der Waals surface area contributed by atoms with E-state index >= 15 is 0 Å². The number of aliphatic hydroxyl groups excluding tert-OH is 2. The second-order valence-electron chi connectivity index (χ2n) is 12.3. The SMILES string of the molecule is C[C@]12C[C@@H]3C[C@](C)(C1)C[C@@](Nc1nc(Cl)nc4c1ncn4[C@@H]1O[C@H](CCS(=O)(=O)O)C(O)C1O)(C3)C2. The van der Waals surface area contributed by atoms with Crippen LogP contribution in [0.3, 0.4) is 0 Å². The maximum atomic E-state index is 11.1. The Morgan fingerprint density at radius 2 is 1.83 bits per heavy atom. The molecule has 0 aromatic carbocycles. The van der Waals surface area contributed by atoms with Gasteiger partial charge in [-0.1, -0.05) is 13.8 Å². The van der Waals surface area contributed by atoms with E-state index in [1.165, 1.54) is 30.2 Å². The number of hydrogen-bond donors (Lipinski definition) is 4. The Balaban J connectivity index is 1.31. The van der Waals surface area contributed by atoms with Gasteiger partial charge in [0.15, 0.2) is 23.2 Å². The van der Waals surface area contributed by atoms with Crippen LogP contribution >= 0.6 is 11.6 Å². The summed E-state index contributed by atoms with van der Waals surface area (Å²) in [5.74, 6) is 0.619. The molecule has 2 unspecified atom stereocenters. The summed E-state index contributed by atoms with van der Waals surface area (Å²) >= 11 is 6.34. The monoisotopic (exact) mass is 541 g/mol. The molecule has 4 bridgehead atoms. The molecule has 36 heavy (non-hydrogen) atoms. The van der Waals surface area contributed by atoms with E-state index in [4.69, 9.17) is 20.9 Å². The standard InChI is InChI=1S/C23H32ClN5O6S/c1-21-5-12-6-22(2,8-21)10-23(7-12,9-21)28-17-14-18(27-20(24)26-17)29(11-25-14)19-16(31)15(30)13(35-19)3-4-36(32,33)34/h11-13,15-16,19,30-31H,3-10H2,1-2H3,(H,26,27,28)(H,32,33,34)/t12-,13-,15?,16?,19-,21+,22-,23-/m1/s1. The van der Waals surface area contributed by atoms with Gasteiger partial charge in [-0.15, -0.1) is 0 Å². The van der Waals surface area contributed by atoms with Gasteiger partial charge in [0.2, 0.25) is 5.28 Å². The Morgan fingerprint density at radius 3 is 2.47 bits per heavy atom. The van der Waals surface area contributed by atoms with Crippen LogP contribution in [-0.2, 0) is 14.9 Å². The van der Waals surface area contributed by atoms with Crippen LogP contribution in [0.25, 0.3) is 11.2 Å². The molecule has 8 atom stereocenters. The molecule has 13 heteroatoms. The Kier molecular flexibility index (Phi) is 5.48. The fourth-order valence-corrected chi connectivity index (χ4v) is 9.16. The van der Waals surface area contributed by atoms with Gasteiger partial charge in [-0.2, -0.15) is 18.4 Å². The summed E-state index contributed by atoms with van der Waals surface area (Å²) in [7, 11) is -4.24. The van der Waals surface area contributed by atoms with Crippen molar-refractivity contribution in [3.63, 3.8) is 0 Å². The van der Waals surface area contributed by atoms with Gasteiger partial charge < -0.3 is 20.3 Å². The van der Waals surface area contributed by atoms with Crippen LogP contribution in [0.4, 0.5) is 5.82 Å². The maximum Gasteiger partial charge on any atom is 0.264 e. The largest absolute Gasteiger partial charge is 0.388 e. The van der Waals surface area contributed by atoms with E-state index in [-0.39, 0.29) is 17.2 Å². The van der Waals surface area contributed by atoms with Crippen LogP contribution < -0.4 is 5.32 Å². The molecule has 198 valence electrons. The number of nitrogens with one attached hydrogen (secondary N) is 1. The predicted molar refractivity (Wildman–Crippen MR) is 131 cm³/mol. The summed E-state index contributed by atoms with van der Waals surface area (Å²) in [5, 5.41) is 24.9. The molecule has 2 aromatic rings. The van der Waals surface area contributed by atoms with E-state index < -0.39 is 40.4 Å². The Labute approximate surface area is 214 Å². The number of hydrogen-bond acceptors (Lipinski definition) is 9. The molecule has 4 saturated carbocycles. The first kappa shape index (κ1) is 24.7. The fraction of sp³-hybridized carbons (Fsp3) is 0.783. The van der Waals surface area contributed by atoms with Crippen LogP contribution in [0.15, 0.2) is 6.33 Å². The molecule has 4 N–H and O–H groups in total. The first-order valence-corrected chi connectivity index (χ1v) is 14.4. The average molecular weight is 542 g/mol. The van der Waals surface area contributed by atoms with Gasteiger partial charge in [0.05, 0.1) is 18.2 Å². The molecule has 7 rings (SSSR count). The normalized spacial score (nSPS) is 41.9. The number of aliphatic hydroxyl groups is 2. The highest BCUT2D eigenvalue weighted by Crippen LogP contribution is 2.66. The van der Waals surface area contributed by atoms with Gasteiger partial charge in [0.25, 0.3) is 10.1 Å². The highest BCUT2D eigenvalue weighted by atomic mass is 35.5. The maximum absolute atomic E-state index is 11.1. The fourth-order valence-electron chi connectivity index (χ4n) is 8.46. The lowest BCUT2D eigenvalue weighted by atomic mass is 9.43. The second kappa shape index (κ2) is 7.97. The molecule has 5 aliphatic rings. The van der Waals surface area contributed by atoms with Crippen molar-refractivity contribution in [2.24, 2.45) is 16.7 Å². The van der Waals surface area contributed by atoms with Crippen LogP contribution in [0, 0.1) is 16.7 Å². The van der Waals surface area contributed by atoms with Crippen molar-refractivity contribution in [2.75, 3.05) is 11.1 Å². The summed E-state index contributed by atoms with van der Waals surface area (Å²) in [4.78, 5) is 13.3. The third-order valence-electron chi connectivity index (χ3n) is 8.68. The number of rotatable bonds is 6. The molecule has 0 amide bonds. The van der Waals surface area contributed by atoms with Gasteiger partial charge >= 0.3 is 0 Å². The van der Waals surface area contributed by atoms with Gasteiger partial charge in [-0.25, -0.2) is 4.98 Å². The summed E-state index contributed by atoms with van der Waals surface area (Å²) in [6.07, 6.45) is 3.47. The first-order valence-electron chi connectivity index (χ1n) is 12.4. The lowest BCUT2D eigenvalue weighted by molar-refractivity contribution is -0.0973. The number of ether oxygens (including phenoxy) is 1. The minimum Gasteiger partial charge on any atom is -0.388 e. The zero-order chi connectivity index (χ0) is 25.7. The van der Waals surface area contributed by atoms with Crippen molar-refractivity contribution in [1.82, 2.24) is 19.5 Å². The van der Waals surface area contributed by atoms with Crippen LogP contribution in [0.1, 0.15) is 65.0 Å². The molecule has 3 heterocycles. The molecule has 1 saturated heterocycles. The van der Waals surface area contributed by atoms with Crippen molar-refractivity contribution in [3.05, 3.63) is 11.6 Å². The van der Waals surface area contributed by atoms with Crippen molar-refractivity contribution in [3.8, 4) is 0 Å². The lowest BCUT2D eigenvalue weighted by Crippen LogP contribution is -2.61. The van der Waals surface area contributed by atoms with E-state index in [0.29, 0.717) is 33.7 Å². The van der Waals surface area contributed by atoms with E-state index in [1.807, 2.05) is 0 Å². The Bertz CT molecular complexity index is 1300. The highest BCUT2D eigenvalue weighted by Gasteiger charge is 2.60. The molecule has 0 spiro atoms. The summed E-state index contributed by atoms with van der Waals surface area (Å²) in [6.45, 7) is 4.79. The minimum absolute atomic E-state index is 0.0184. The molecule has 1 aliphatic heterocycles. The van der Waals surface area contributed by atoms with E-state index in [2.05, 4.69) is 34.1 Å². The van der Waals surface area contributed by atoms with E-state index in [0.717, 1.165) is 19.3 Å². The first-order chi connectivity index (χ1) is 16.8. The topological polar surface area (TPSA) is 160 Å². The number of nitrogens with zero attached hydrogens (tertiary/aromatic N) is 4. The zero-order valence-corrected chi connectivity index (χ0v) is 21.8.